The lowest BCUT2D eigenvalue weighted by atomic mass is 9.93. The lowest BCUT2D eigenvalue weighted by molar-refractivity contribution is 0.134. The van der Waals surface area contributed by atoms with Gasteiger partial charge >= 0.3 is 0 Å². The van der Waals surface area contributed by atoms with E-state index in [9.17, 15) is 0 Å². The number of fused-ring (bicyclic) bond motifs is 2. The maximum atomic E-state index is 6.03. The van der Waals surface area contributed by atoms with Crippen LogP contribution >= 0.6 is 0 Å². The van der Waals surface area contributed by atoms with Crippen LogP contribution < -0.4 is 9.47 Å². The molecule has 0 spiro atoms. The van der Waals surface area contributed by atoms with Gasteiger partial charge in [0.2, 0.25) is 0 Å². The van der Waals surface area contributed by atoms with Crippen molar-refractivity contribution in [2.24, 2.45) is 21.8 Å². The molecule has 4 heteroatoms. The molecule has 3 rings (SSSR count). The second-order valence-corrected chi connectivity index (χ2v) is 6.03. The molecular formula is C20H22N2O2. The molecule has 0 saturated carbocycles. The number of nitrogens with zero attached hydrogens (tertiary/aromatic N) is 2. The van der Waals surface area contributed by atoms with Gasteiger partial charge in [0.05, 0.1) is 13.2 Å². The number of aliphatic imine (C=N–C) groups is 2. The summed E-state index contributed by atoms with van der Waals surface area (Å²) in [6, 6.07) is 18.2. The Morgan fingerprint density at radius 1 is 0.958 bits per heavy atom. The van der Waals surface area contributed by atoms with Crippen molar-refractivity contribution in [3.05, 3.63) is 48.5 Å². The van der Waals surface area contributed by atoms with Gasteiger partial charge in [-0.25, -0.2) is 0 Å². The first-order chi connectivity index (χ1) is 11.8. The van der Waals surface area contributed by atoms with E-state index in [1.807, 2.05) is 48.5 Å². The maximum Gasteiger partial charge on any atom is 0.145 e. The van der Waals surface area contributed by atoms with Crippen LogP contribution in [0.2, 0.25) is 0 Å². The zero-order valence-corrected chi connectivity index (χ0v) is 14.1. The van der Waals surface area contributed by atoms with E-state index in [2.05, 4.69) is 29.8 Å². The van der Waals surface area contributed by atoms with Gasteiger partial charge in [0, 0.05) is 5.92 Å². The van der Waals surface area contributed by atoms with Gasteiger partial charge in [-0.05, 0) is 30.2 Å². The van der Waals surface area contributed by atoms with Crippen LogP contribution in [-0.4, -0.2) is 19.2 Å². The summed E-state index contributed by atoms with van der Waals surface area (Å²) in [6.07, 6.45) is 1.08. The normalized spacial score (nSPS) is 18.2. The van der Waals surface area contributed by atoms with E-state index in [-0.39, 0.29) is 0 Å². The number of ether oxygens (including phenoxy) is 2. The fourth-order valence-electron chi connectivity index (χ4n) is 2.58. The average Bonchev–Trinajstić information content (AvgIpc) is 2.62. The predicted molar refractivity (Wildman–Crippen MR) is 96.0 cm³/mol. The highest BCUT2D eigenvalue weighted by Gasteiger charge is 2.19. The van der Waals surface area contributed by atoms with Gasteiger partial charge in [0.25, 0.3) is 0 Å². The molecule has 4 nitrogen and oxygen atoms in total. The summed E-state index contributed by atoms with van der Waals surface area (Å²) in [4.78, 5) is 8.62. The van der Waals surface area contributed by atoms with Gasteiger partial charge in [0.1, 0.15) is 28.9 Å². The Labute approximate surface area is 142 Å². The molecule has 1 unspecified atom stereocenters. The lowest BCUT2D eigenvalue weighted by Crippen LogP contribution is -2.26. The van der Waals surface area contributed by atoms with Gasteiger partial charge < -0.3 is 9.47 Å². The number of para-hydroxylation sites is 4. The van der Waals surface area contributed by atoms with Gasteiger partial charge in [-0.3, -0.25) is 0 Å². The first-order valence-electron chi connectivity index (χ1n) is 8.38. The molecule has 0 radical (unpaired) electrons. The van der Waals surface area contributed by atoms with Crippen LogP contribution in [0.4, 0.5) is 11.4 Å². The molecule has 2 aromatic carbocycles. The molecule has 0 bridgehead atoms. The van der Waals surface area contributed by atoms with Crippen molar-refractivity contribution in [1.82, 2.24) is 0 Å². The van der Waals surface area contributed by atoms with E-state index >= 15 is 0 Å². The van der Waals surface area contributed by atoms with Gasteiger partial charge in [0.15, 0.2) is 0 Å². The number of rotatable bonds is 2. The summed E-state index contributed by atoms with van der Waals surface area (Å²) in [5.41, 5.74) is 1.48. The molecular weight excluding hydrogens is 300 g/mol. The first-order valence-corrected chi connectivity index (χ1v) is 8.38. The van der Waals surface area contributed by atoms with E-state index in [4.69, 9.17) is 9.47 Å². The maximum absolute atomic E-state index is 6.03. The average molecular weight is 322 g/mol. The summed E-state index contributed by atoms with van der Waals surface area (Å²) < 4.78 is 12.1. The molecule has 124 valence electrons. The van der Waals surface area contributed by atoms with Crippen LogP contribution in [0.25, 0.3) is 0 Å². The quantitative estimate of drug-likeness (QED) is 0.757. The third-order valence-electron chi connectivity index (χ3n) is 4.43. The Balaban J connectivity index is 2.00. The van der Waals surface area contributed by atoms with Crippen molar-refractivity contribution >= 4 is 17.4 Å². The van der Waals surface area contributed by atoms with E-state index in [1.54, 1.807) is 0 Å². The molecule has 1 aliphatic heterocycles. The Morgan fingerprint density at radius 2 is 1.46 bits per heavy atom. The Kier molecular flexibility index (Phi) is 5.29. The molecule has 24 heavy (non-hydrogen) atoms. The number of hydrogen-bond acceptors (Lipinski definition) is 4. The highest BCUT2D eigenvalue weighted by atomic mass is 16.5. The summed E-state index contributed by atoms with van der Waals surface area (Å²) >= 11 is 0. The van der Waals surface area contributed by atoms with Crippen LogP contribution in [0.5, 0.6) is 11.5 Å². The van der Waals surface area contributed by atoms with E-state index in [0.29, 0.717) is 25.0 Å². The largest absolute Gasteiger partial charge is 0.491 e. The molecule has 1 aliphatic rings. The zero-order chi connectivity index (χ0) is 16.8. The predicted octanol–water partition coefficient (Wildman–Crippen LogP) is 5.26. The van der Waals surface area contributed by atoms with E-state index in [0.717, 1.165) is 29.3 Å². The SMILES string of the molecule is CCC(C)C1COc2ccccc2N=C=Nc2ccccc2OC1. The summed E-state index contributed by atoms with van der Waals surface area (Å²) in [5, 5.41) is 0. The molecule has 1 atom stereocenters. The standard InChI is InChI=1S/C20H22N2O2/c1-3-15(2)16-12-23-19-10-6-4-8-17(19)21-14-22-18-9-5-7-11-20(18)24-13-16/h4-11,15-16H,3,12-13H2,1-2H3. The van der Waals surface area contributed by atoms with Crippen LogP contribution in [0, 0.1) is 11.8 Å². The minimum Gasteiger partial charge on any atom is -0.491 e. The van der Waals surface area contributed by atoms with Crippen molar-refractivity contribution in [3.8, 4) is 11.5 Å². The second kappa shape index (κ2) is 7.80. The van der Waals surface area contributed by atoms with Gasteiger partial charge in [-0.1, -0.05) is 44.5 Å². The van der Waals surface area contributed by atoms with Crippen LogP contribution in [0.3, 0.4) is 0 Å². The molecule has 0 N–H and O–H groups in total. The van der Waals surface area contributed by atoms with Crippen LogP contribution in [0.1, 0.15) is 20.3 Å². The summed E-state index contributed by atoms with van der Waals surface area (Å²) in [5.74, 6) is 2.30. The topological polar surface area (TPSA) is 43.2 Å². The van der Waals surface area contributed by atoms with E-state index in [1.165, 1.54) is 0 Å². The molecule has 2 aromatic rings. The highest BCUT2D eigenvalue weighted by molar-refractivity contribution is 5.64. The lowest BCUT2D eigenvalue weighted by Gasteiger charge is -2.24. The number of hydrogen-bond donors (Lipinski definition) is 0. The fraction of sp³-hybridized carbons (Fsp3) is 0.350. The van der Waals surface area contributed by atoms with Gasteiger partial charge in [-0.15, -0.1) is 0 Å². The number of benzene rings is 2. The molecule has 0 amide bonds. The first kappa shape index (κ1) is 16.3. The fourth-order valence-corrected chi connectivity index (χ4v) is 2.58. The Bertz CT molecular complexity index is 695. The van der Waals surface area contributed by atoms with Crippen molar-refractivity contribution in [2.45, 2.75) is 20.3 Å². The zero-order valence-electron chi connectivity index (χ0n) is 14.1. The molecule has 0 aliphatic carbocycles. The van der Waals surface area contributed by atoms with Crippen LogP contribution in [0.15, 0.2) is 58.5 Å². The van der Waals surface area contributed by atoms with Crippen molar-refractivity contribution in [2.75, 3.05) is 13.2 Å². The van der Waals surface area contributed by atoms with Crippen molar-refractivity contribution in [1.29, 1.82) is 0 Å². The third-order valence-corrected chi connectivity index (χ3v) is 4.43. The summed E-state index contributed by atoms with van der Waals surface area (Å²) in [7, 11) is 0. The Hall–Kier alpha value is -2.58. The van der Waals surface area contributed by atoms with Crippen molar-refractivity contribution < 1.29 is 9.47 Å². The highest BCUT2D eigenvalue weighted by Crippen LogP contribution is 2.31. The molecule has 1 heterocycles. The molecule has 0 saturated heterocycles. The Morgan fingerprint density at radius 3 is 1.96 bits per heavy atom. The monoisotopic (exact) mass is 322 g/mol. The van der Waals surface area contributed by atoms with Gasteiger partial charge in [-0.2, -0.15) is 9.98 Å². The smallest absolute Gasteiger partial charge is 0.145 e. The second-order valence-electron chi connectivity index (χ2n) is 6.03. The molecule has 0 fully saturated rings. The van der Waals surface area contributed by atoms with Crippen molar-refractivity contribution in [3.63, 3.8) is 0 Å². The van der Waals surface area contributed by atoms with E-state index < -0.39 is 0 Å². The minimum absolute atomic E-state index is 0.295. The molecule has 0 aromatic heterocycles. The third kappa shape index (κ3) is 3.84. The summed E-state index contributed by atoms with van der Waals surface area (Å²) in [6.45, 7) is 5.62. The minimum atomic E-state index is 0.295. The van der Waals surface area contributed by atoms with Crippen LogP contribution in [-0.2, 0) is 0 Å².